The molecule has 1 aromatic carbocycles. The Labute approximate surface area is 186 Å². The Morgan fingerprint density at radius 2 is 2.23 bits per heavy atom. The van der Waals surface area contributed by atoms with Crippen molar-refractivity contribution in [2.24, 2.45) is 0 Å². The van der Waals surface area contributed by atoms with Gasteiger partial charge in [0, 0.05) is 12.3 Å². The average molecular weight is 438 g/mol. The van der Waals surface area contributed by atoms with Gasteiger partial charge in [0.2, 0.25) is 5.91 Å². The standard InChI is InChI=1S/C23H27N5O2S/c1-15-16(2)28(12-17-7-6-10-30-17)23(18(15)11-24)26-21(29)13-27(3)14-22-25-19-8-4-5-9-20(19)31-22/h4-5,8-9,17H,6-7,10,12-14H2,1-3H3,(H,26,29)/t17-/m0/s1. The fourth-order valence-corrected chi connectivity index (χ4v) is 5.09. The maximum atomic E-state index is 12.8. The van der Waals surface area contributed by atoms with Crippen LogP contribution in [0, 0.1) is 25.2 Å². The number of para-hydroxylation sites is 1. The Balaban J connectivity index is 1.45. The lowest BCUT2D eigenvalue weighted by Gasteiger charge is -2.18. The molecule has 1 N–H and O–H groups in total. The number of benzene rings is 1. The van der Waals surface area contributed by atoms with E-state index in [9.17, 15) is 10.1 Å². The first kappa shape index (κ1) is 21.5. The lowest BCUT2D eigenvalue weighted by atomic mass is 10.2. The van der Waals surface area contributed by atoms with Crippen molar-refractivity contribution in [2.75, 3.05) is 25.5 Å². The zero-order chi connectivity index (χ0) is 22.0. The van der Waals surface area contributed by atoms with Gasteiger partial charge in [0.25, 0.3) is 0 Å². The molecule has 1 aliphatic rings. The number of nitriles is 1. The number of nitrogens with one attached hydrogen (secondary N) is 1. The van der Waals surface area contributed by atoms with Crippen molar-refractivity contribution in [3.63, 3.8) is 0 Å². The average Bonchev–Trinajstić information content (AvgIpc) is 3.44. The van der Waals surface area contributed by atoms with Crippen LogP contribution in [0.3, 0.4) is 0 Å². The van der Waals surface area contributed by atoms with Gasteiger partial charge < -0.3 is 14.6 Å². The van der Waals surface area contributed by atoms with E-state index in [4.69, 9.17) is 4.74 Å². The lowest BCUT2D eigenvalue weighted by Crippen LogP contribution is -2.31. The van der Waals surface area contributed by atoms with Crippen molar-refractivity contribution in [1.82, 2.24) is 14.5 Å². The summed E-state index contributed by atoms with van der Waals surface area (Å²) in [5.41, 5.74) is 3.40. The molecule has 0 radical (unpaired) electrons. The van der Waals surface area contributed by atoms with Gasteiger partial charge in [-0.15, -0.1) is 11.3 Å². The van der Waals surface area contributed by atoms with Crippen LogP contribution in [0.2, 0.25) is 0 Å². The van der Waals surface area contributed by atoms with Crippen LogP contribution in [0.1, 0.15) is 34.7 Å². The Hall–Kier alpha value is -2.73. The second kappa shape index (κ2) is 9.18. The number of fused-ring (bicyclic) bond motifs is 1. The summed E-state index contributed by atoms with van der Waals surface area (Å²) in [4.78, 5) is 19.4. The summed E-state index contributed by atoms with van der Waals surface area (Å²) in [6, 6.07) is 10.3. The largest absolute Gasteiger partial charge is 0.376 e. The van der Waals surface area contributed by atoms with Crippen molar-refractivity contribution in [3.05, 3.63) is 46.1 Å². The number of rotatable bonds is 7. The summed E-state index contributed by atoms with van der Waals surface area (Å²) >= 11 is 1.64. The van der Waals surface area contributed by atoms with Gasteiger partial charge in [0.1, 0.15) is 16.9 Å². The van der Waals surface area contributed by atoms with Crippen molar-refractivity contribution in [3.8, 4) is 6.07 Å². The Bertz CT molecular complexity index is 1100. The van der Waals surface area contributed by atoms with Gasteiger partial charge in [-0.05, 0) is 51.4 Å². The van der Waals surface area contributed by atoms with Gasteiger partial charge in [-0.3, -0.25) is 9.69 Å². The summed E-state index contributed by atoms with van der Waals surface area (Å²) in [7, 11) is 1.90. The lowest BCUT2D eigenvalue weighted by molar-refractivity contribution is -0.117. The number of carbonyl (C=O) groups is 1. The minimum absolute atomic E-state index is 0.120. The molecule has 1 saturated heterocycles. The van der Waals surface area contributed by atoms with Gasteiger partial charge >= 0.3 is 0 Å². The molecule has 4 rings (SSSR count). The van der Waals surface area contributed by atoms with Gasteiger partial charge in [-0.1, -0.05) is 12.1 Å². The third kappa shape index (κ3) is 4.64. The molecule has 1 atom stereocenters. The highest BCUT2D eigenvalue weighted by Crippen LogP contribution is 2.28. The SMILES string of the molecule is Cc1c(C#N)c(NC(=O)CN(C)Cc2nc3ccccc3s2)n(C[C@@H]2CCCO2)c1C. The first-order valence-corrected chi connectivity index (χ1v) is 11.3. The predicted molar refractivity (Wildman–Crippen MR) is 122 cm³/mol. The Morgan fingerprint density at radius 3 is 2.94 bits per heavy atom. The molecule has 7 nitrogen and oxygen atoms in total. The number of hydrogen-bond donors (Lipinski definition) is 1. The number of amides is 1. The number of aromatic nitrogens is 2. The number of hydrogen-bond acceptors (Lipinski definition) is 6. The molecule has 0 unspecified atom stereocenters. The quantitative estimate of drug-likeness (QED) is 0.607. The van der Waals surface area contributed by atoms with E-state index in [-0.39, 0.29) is 18.6 Å². The van der Waals surface area contributed by atoms with Crippen LogP contribution in [0.4, 0.5) is 5.82 Å². The van der Waals surface area contributed by atoms with Crippen LogP contribution in [-0.4, -0.2) is 46.7 Å². The molecule has 1 amide bonds. The highest BCUT2D eigenvalue weighted by atomic mass is 32.1. The number of carbonyl (C=O) groups excluding carboxylic acids is 1. The van der Waals surface area contributed by atoms with Crippen LogP contribution in [0.5, 0.6) is 0 Å². The molecule has 3 aromatic rings. The summed E-state index contributed by atoms with van der Waals surface area (Å²) in [5.74, 6) is 0.428. The second-order valence-electron chi connectivity index (χ2n) is 8.09. The molecule has 0 spiro atoms. The maximum Gasteiger partial charge on any atom is 0.239 e. The fraction of sp³-hybridized carbons (Fsp3) is 0.435. The maximum absolute atomic E-state index is 12.8. The molecule has 0 saturated carbocycles. The Morgan fingerprint density at radius 1 is 1.42 bits per heavy atom. The van der Waals surface area contributed by atoms with Crippen LogP contribution in [0.25, 0.3) is 10.2 Å². The van der Waals surface area contributed by atoms with Crippen LogP contribution in [-0.2, 0) is 22.6 Å². The van der Waals surface area contributed by atoms with Gasteiger partial charge in [0.05, 0.1) is 41.5 Å². The number of anilines is 1. The normalized spacial score (nSPS) is 16.2. The summed E-state index contributed by atoms with van der Waals surface area (Å²) in [6.07, 6.45) is 2.17. The molecule has 0 bridgehead atoms. The van der Waals surface area contributed by atoms with E-state index >= 15 is 0 Å². The molecule has 1 aliphatic heterocycles. The number of ether oxygens (including phenoxy) is 1. The first-order valence-electron chi connectivity index (χ1n) is 10.5. The number of nitrogens with zero attached hydrogens (tertiary/aromatic N) is 4. The van der Waals surface area contributed by atoms with E-state index in [1.807, 2.05) is 48.6 Å². The molecular formula is C23H27N5O2S. The smallest absolute Gasteiger partial charge is 0.239 e. The van der Waals surface area contributed by atoms with E-state index in [1.54, 1.807) is 11.3 Å². The van der Waals surface area contributed by atoms with Gasteiger partial charge in [0.15, 0.2) is 0 Å². The number of thiazole rings is 1. The zero-order valence-electron chi connectivity index (χ0n) is 18.1. The molecule has 1 fully saturated rings. The van der Waals surface area contributed by atoms with Crippen LogP contribution < -0.4 is 5.32 Å². The van der Waals surface area contributed by atoms with E-state index in [1.165, 1.54) is 0 Å². The van der Waals surface area contributed by atoms with Crippen molar-refractivity contribution >= 4 is 33.3 Å². The molecule has 0 aliphatic carbocycles. The second-order valence-corrected chi connectivity index (χ2v) is 9.20. The van der Waals surface area contributed by atoms with Gasteiger partial charge in [-0.25, -0.2) is 4.98 Å². The summed E-state index contributed by atoms with van der Waals surface area (Å²) < 4.78 is 8.95. The van der Waals surface area contributed by atoms with E-state index < -0.39 is 0 Å². The minimum Gasteiger partial charge on any atom is -0.376 e. The molecule has 162 valence electrons. The van der Waals surface area contributed by atoms with Crippen molar-refractivity contribution < 1.29 is 9.53 Å². The van der Waals surface area contributed by atoms with Gasteiger partial charge in [-0.2, -0.15) is 5.26 Å². The summed E-state index contributed by atoms with van der Waals surface area (Å²) in [6.45, 7) is 6.13. The van der Waals surface area contributed by atoms with E-state index in [0.717, 1.165) is 45.9 Å². The fourth-order valence-electron chi connectivity index (χ4n) is 4.04. The third-order valence-electron chi connectivity index (χ3n) is 5.77. The topological polar surface area (TPSA) is 83.2 Å². The minimum atomic E-state index is -0.147. The molecule has 3 heterocycles. The van der Waals surface area contributed by atoms with Crippen LogP contribution >= 0.6 is 11.3 Å². The van der Waals surface area contributed by atoms with Crippen LogP contribution in [0.15, 0.2) is 24.3 Å². The first-order chi connectivity index (χ1) is 15.0. The highest BCUT2D eigenvalue weighted by Gasteiger charge is 2.24. The summed E-state index contributed by atoms with van der Waals surface area (Å²) in [5, 5.41) is 13.7. The van der Waals surface area contributed by atoms with E-state index in [0.29, 0.717) is 24.5 Å². The molecule has 2 aromatic heterocycles. The monoisotopic (exact) mass is 437 g/mol. The predicted octanol–water partition coefficient (Wildman–Crippen LogP) is 3.84. The van der Waals surface area contributed by atoms with Crippen molar-refractivity contribution in [2.45, 2.75) is 45.9 Å². The number of likely N-dealkylation sites (N-methyl/N-ethyl adjacent to an activating group) is 1. The third-order valence-corrected chi connectivity index (χ3v) is 6.79. The zero-order valence-corrected chi connectivity index (χ0v) is 19.0. The van der Waals surface area contributed by atoms with Crippen molar-refractivity contribution in [1.29, 1.82) is 5.26 Å². The van der Waals surface area contributed by atoms with E-state index in [2.05, 4.69) is 22.4 Å². The molecular weight excluding hydrogens is 410 g/mol. The molecule has 8 heteroatoms. The highest BCUT2D eigenvalue weighted by molar-refractivity contribution is 7.18. The Kier molecular flexibility index (Phi) is 6.37. The molecule has 31 heavy (non-hydrogen) atoms.